The van der Waals surface area contributed by atoms with Crippen molar-refractivity contribution < 1.29 is 23.1 Å². The molecule has 3 aromatic carbocycles. The average Bonchev–Trinajstić information content (AvgIpc) is 2.89. The number of ether oxygens (including phenoxy) is 1. The van der Waals surface area contributed by atoms with Gasteiger partial charge in [-0.25, -0.2) is 8.42 Å². The van der Waals surface area contributed by atoms with E-state index in [2.05, 4.69) is 12.1 Å². The summed E-state index contributed by atoms with van der Waals surface area (Å²) < 4.78 is 34.5. The maximum atomic E-state index is 13.9. The highest BCUT2D eigenvalue weighted by Gasteiger charge is 2.45. The van der Waals surface area contributed by atoms with Crippen molar-refractivity contribution in [1.82, 2.24) is 4.31 Å². The Hall–Kier alpha value is -2.81. The zero-order chi connectivity index (χ0) is 25.7. The van der Waals surface area contributed by atoms with E-state index in [1.165, 1.54) is 9.87 Å². The van der Waals surface area contributed by atoms with Gasteiger partial charge in [0.2, 0.25) is 10.0 Å². The summed E-state index contributed by atoms with van der Waals surface area (Å²) in [6.45, 7) is 1.68. The lowest BCUT2D eigenvalue weighted by molar-refractivity contribution is -0.143. The SMILES string of the molecule is COc1ccc([C@@H]2C[C@@H](SCCc3ccccc3)[C@H](C(=O)O)CN2S(=O)(=O)c2ccccc2C)cc1. The molecule has 8 heteroatoms. The molecule has 0 unspecified atom stereocenters. The van der Waals surface area contributed by atoms with Crippen LogP contribution in [-0.4, -0.2) is 48.5 Å². The van der Waals surface area contributed by atoms with Crippen LogP contribution in [0.15, 0.2) is 83.8 Å². The number of methoxy groups -OCH3 is 1. The van der Waals surface area contributed by atoms with Crippen LogP contribution in [0, 0.1) is 12.8 Å². The van der Waals surface area contributed by atoms with E-state index in [1.54, 1.807) is 50.1 Å². The van der Waals surface area contributed by atoms with Crippen LogP contribution in [0.1, 0.15) is 29.2 Å². The zero-order valence-corrected chi connectivity index (χ0v) is 22.0. The molecule has 1 heterocycles. The normalized spacial score (nSPS) is 20.7. The van der Waals surface area contributed by atoms with Gasteiger partial charge in [-0.15, -0.1) is 0 Å². The van der Waals surface area contributed by atoms with Gasteiger partial charge in [0, 0.05) is 11.8 Å². The van der Waals surface area contributed by atoms with Gasteiger partial charge in [0.1, 0.15) is 5.75 Å². The second kappa shape index (κ2) is 11.5. The molecule has 0 radical (unpaired) electrons. The fourth-order valence-corrected chi connectivity index (χ4v) is 7.99. The molecule has 1 aliphatic rings. The molecule has 3 aromatic rings. The van der Waals surface area contributed by atoms with Crippen molar-refractivity contribution in [3.63, 3.8) is 0 Å². The van der Waals surface area contributed by atoms with E-state index in [9.17, 15) is 18.3 Å². The first-order valence-corrected chi connectivity index (χ1v) is 14.4. The molecule has 1 N–H and O–H groups in total. The fourth-order valence-electron chi connectivity index (χ4n) is 4.70. The fraction of sp³-hybridized carbons (Fsp3) is 0.321. The summed E-state index contributed by atoms with van der Waals surface area (Å²) in [5.74, 6) is -0.331. The molecule has 0 bridgehead atoms. The number of sulfonamides is 1. The third-order valence-corrected chi connectivity index (χ3v) is 10.1. The minimum absolute atomic E-state index is 0.0777. The Labute approximate surface area is 217 Å². The Bertz CT molecular complexity index is 1280. The Kier molecular flexibility index (Phi) is 8.39. The Balaban J connectivity index is 1.66. The van der Waals surface area contributed by atoms with Crippen molar-refractivity contribution in [2.24, 2.45) is 5.92 Å². The number of hydrogen-bond acceptors (Lipinski definition) is 5. The lowest BCUT2D eigenvalue weighted by atomic mass is 9.90. The highest BCUT2D eigenvalue weighted by molar-refractivity contribution is 7.99. The minimum atomic E-state index is -3.93. The van der Waals surface area contributed by atoms with Crippen molar-refractivity contribution in [3.05, 3.63) is 95.6 Å². The second-order valence-electron chi connectivity index (χ2n) is 8.95. The van der Waals surface area contributed by atoms with Gasteiger partial charge in [-0.2, -0.15) is 16.1 Å². The Morgan fingerprint density at radius 2 is 1.69 bits per heavy atom. The predicted octanol–water partition coefficient (Wildman–Crippen LogP) is 5.18. The monoisotopic (exact) mass is 525 g/mol. The number of rotatable bonds is 9. The first-order valence-electron chi connectivity index (χ1n) is 11.9. The van der Waals surface area contributed by atoms with E-state index in [1.807, 2.05) is 42.5 Å². The molecule has 3 atom stereocenters. The first-order chi connectivity index (χ1) is 17.3. The van der Waals surface area contributed by atoms with E-state index >= 15 is 0 Å². The highest BCUT2D eigenvalue weighted by atomic mass is 32.2. The maximum absolute atomic E-state index is 13.9. The van der Waals surface area contributed by atoms with Crippen LogP contribution in [0.5, 0.6) is 5.75 Å². The van der Waals surface area contributed by atoms with Gasteiger partial charge in [-0.1, -0.05) is 60.7 Å². The van der Waals surface area contributed by atoms with Crippen LogP contribution >= 0.6 is 11.8 Å². The zero-order valence-electron chi connectivity index (χ0n) is 20.4. The minimum Gasteiger partial charge on any atom is -0.497 e. The maximum Gasteiger partial charge on any atom is 0.308 e. The molecule has 0 saturated carbocycles. The van der Waals surface area contributed by atoms with Crippen LogP contribution in [0.4, 0.5) is 0 Å². The van der Waals surface area contributed by atoms with E-state index in [0.29, 0.717) is 17.7 Å². The molecule has 36 heavy (non-hydrogen) atoms. The molecular formula is C28H31NO5S2. The molecule has 0 aromatic heterocycles. The summed E-state index contributed by atoms with van der Waals surface area (Å²) >= 11 is 1.62. The Morgan fingerprint density at radius 1 is 1.03 bits per heavy atom. The van der Waals surface area contributed by atoms with Gasteiger partial charge in [-0.3, -0.25) is 4.79 Å². The number of benzene rings is 3. The number of carbonyl (C=O) groups is 1. The molecule has 6 nitrogen and oxygen atoms in total. The molecular weight excluding hydrogens is 494 g/mol. The van der Waals surface area contributed by atoms with Crippen LogP contribution in [0.25, 0.3) is 0 Å². The van der Waals surface area contributed by atoms with Gasteiger partial charge in [0.05, 0.1) is 24.0 Å². The number of carboxylic acids is 1. The first kappa shape index (κ1) is 26.3. The van der Waals surface area contributed by atoms with Crippen LogP contribution in [0.2, 0.25) is 0 Å². The summed E-state index contributed by atoms with van der Waals surface area (Å²) in [6, 6.07) is 23.8. The second-order valence-corrected chi connectivity index (χ2v) is 12.2. The molecule has 190 valence electrons. The number of aliphatic carboxylic acids is 1. The van der Waals surface area contributed by atoms with Gasteiger partial charge in [-0.05, 0) is 60.4 Å². The van der Waals surface area contributed by atoms with Gasteiger partial charge >= 0.3 is 5.97 Å². The Morgan fingerprint density at radius 3 is 2.33 bits per heavy atom. The number of hydrogen-bond donors (Lipinski definition) is 1. The largest absolute Gasteiger partial charge is 0.497 e. The predicted molar refractivity (Wildman–Crippen MR) is 143 cm³/mol. The molecule has 1 aliphatic heterocycles. The molecule has 4 rings (SSSR count). The molecule has 1 fully saturated rings. The molecule has 1 saturated heterocycles. The third kappa shape index (κ3) is 5.77. The van der Waals surface area contributed by atoms with E-state index in [4.69, 9.17) is 4.74 Å². The standard InChI is InChI=1S/C28H31NO5S2/c1-20-8-6-7-11-27(20)36(32,33)29-19-24(28(30)31)26(35-17-16-21-9-4-3-5-10-21)18-25(29)22-12-14-23(34-2)15-13-22/h3-15,24-26H,16-19H2,1-2H3,(H,30,31)/t24-,25+,26-/m1/s1. The summed E-state index contributed by atoms with van der Waals surface area (Å²) in [4.78, 5) is 12.6. The molecule has 0 aliphatic carbocycles. The number of carboxylic acid groups (broad SMARTS) is 1. The summed E-state index contributed by atoms with van der Waals surface area (Å²) in [5, 5.41) is 9.89. The van der Waals surface area contributed by atoms with Gasteiger partial charge < -0.3 is 9.84 Å². The van der Waals surface area contributed by atoms with E-state index in [-0.39, 0.29) is 16.7 Å². The van der Waals surface area contributed by atoms with Crippen molar-refractivity contribution in [3.8, 4) is 5.75 Å². The van der Waals surface area contributed by atoms with Crippen molar-refractivity contribution in [2.75, 3.05) is 19.4 Å². The van der Waals surface area contributed by atoms with Crippen molar-refractivity contribution >= 4 is 27.8 Å². The number of aryl methyl sites for hydroxylation is 2. The lowest BCUT2D eigenvalue weighted by Gasteiger charge is -2.42. The van der Waals surface area contributed by atoms with Crippen LogP contribution < -0.4 is 4.74 Å². The van der Waals surface area contributed by atoms with Crippen molar-refractivity contribution in [1.29, 1.82) is 0 Å². The molecule has 0 spiro atoms. The quantitative estimate of drug-likeness (QED) is 0.414. The number of thioether (sulfide) groups is 1. The summed E-state index contributed by atoms with van der Waals surface area (Å²) in [5.41, 5.74) is 2.66. The molecule has 0 amide bonds. The van der Waals surface area contributed by atoms with Gasteiger partial charge in [0.15, 0.2) is 0 Å². The highest BCUT2D eigenvalue weighted by Crippen LogP contribution is 2.43. The van der Waals surface area contributed by atoms with Gasteiger partial charge in [0.25, 0.3) is 0 Å². The van der Waals surface area contributed by atoms with Crippen molar-refractivity contribution in [2.45, 2.75) is 36.0 Å². The lowest BCUT2D eigenvalue weighted by Crippen LogP contribution is -2.49. The van der Waals surface area contributed by atoms with E-state index in [0.717, 1.165) is 17.7 Å². The van der Waals surface area contributed by atoms with Crippen LogP contribution in [-0.2, 0) is 21.2 Å². The smallest absolute Gasteiger partial charge is 0.308 e. The number of nitrogens with zero attached hydrogens (tertiary/aromatic N) is 1. The third-order valence-electron chi connectivity index (χ3n) is 6.69. The summed E-state index contributed by atoms with van der Waals surface area (Å²) in [7, 11) is -2.34. The van der Waals surface area contributed by atoms with E-state index < -0.39 is 28.0 Å². The summed E-state index contributed by atoms with van der Waals surface area (Å²) in [6.07, 6.45) is 1.24. The topological polar surface area (TPSA) is 83.9 Å². The average molecular weight is 526 g/mol. The number of piperidine rings is 1. The van der Waals surface area contributed by atoms with Crippen LogP contribution in [0.3, 0.4) is 0 Å².